The van der Waals surface area contributed by atoms with Crippen molar-refractivity contribution >= 4 is 28.7 Å². The number of guanidine groups is 1. The summed E-state index contributed by atoms with van der Waals surface area (Å²) in [5.41, 5.74) is 0.932. The molecule has 1 N–H and O–H groups in total. The summed E-state index contributed by atoms with van der Waals surface area (Å²) in [7, 11) is 2.06. The summed E-state index contributed by atoms with van der Waals surface area (Å²) in [5, 5.41) is 4.55. The average Bonchev–Trinajstić information content (AvgIpc) is 3.08. The van der Waals surface area contributed by atoms with Crippen LogP contribution in [-0.4, -0.2) is 55.2 Å². The number of fused-ring (bicyclic) bond motifs is 1. The van der Waals surface area contributed by atoms with Gasteiger partial charge in [0.1, 0.15) is 11.3 Å². The second kappa shape index (κ2) is 8.82. The standard InChI is InChI=1S/C20H29N3O2S/c1-4-21-19(22-15-20(26-3)9-11-24-12-10-20)23(2)14-17-13-16-7-5-6-8-18(16)25-17/h5-8,13H,4,9-12,14-15H2,1-3H3,(H,21,22). The van der Waals surface area contributed by atoms with Gasteiger partial charge in [0.25, 0.3) is 0 Å². The Morgan fingerprint density at radius 1 is 1.31 bits per heavy atom. The Labute approximate surface area is 160 Å². The second-order valence-corrected chi connectivity index (χ2v) is 8.05. The quantitative estimate of drug-likeness (QED) is 0.616. The van der Waals surface area contributed by atoms with Crippen molar-refractivity contribution in [2.75, 3.05) is 39.6 Å². The highest BCUT2D eigenvalue weighted by atomic mass is 32.2. The molecule has 0 aliphatic carbocycles. The van der Waals surface area contributed by atoms with Crippen molar-refractivity contribution in [3.05, 3.63) is 36.1 Å². The van der Waals surface area contributed by atoms with Gasteiger partial charge in [-0.2, -0.15) is 11.8 Å². The van der Waals surface area contributed by atoms with E-state index in [2.05, 4.69) is 42.6 Å². The maximum absolute atomic E-state index is 5.96. The number of furan rings is 1. The maximum atomic E-state index is 5.96. The van der Waals surface area contributed by atoms with Crippen LogP contribution < -0.4 is 5.32 Å². The lowest BCUT2D eigenvalue weighted by Gasteiger charge is -2.34. The lowest BCUT2D eigenvalue weighted by Crippen LogP contribution is -2.41. The molecule has 6 heteroatoms. The molecule has 1 aliphatic heterocycles. The predicted octanol–water partition coefficient (Wildman–Crippen LogP) is 3.74. The van der Waals surface area contributed by atoms with Crippen LogP contribution in [0.4, 0.5) is 0 Å². The molecular formula is C20H29N3O2S. The minimum absolute atomic E-state index is 0.194. The third-order valence-electron chi connectivity index (χ3n) is 4.92. The Hall–Kier alpha value is -1.66. The Bertz CT molecular complexity index is 704. The van der Waals surface area contributed by atoms with Gasteiger partial charge in [-0.1, -0.05) is 18.2 Å². The van der Waals surface area contributed by atoms with Gasteiger partial charge in [-0.3, -0.25) is 4.99 Å². The highest BCUT2D eigenvalue weighted by Crippen LogP contribution is 2.34. The summed E-state index contributed by atoms with van der Waals surface area (Å²) in [6.45, 7) is 6.12. The maximum Gasteiger partial charge on any atom is 0.194 e. The molecule has 142 valence electrons. The van der Waals surface area contributed by atoms with Gasteiger partial charge in [0.2, 0.25) is 0 Å². The van der Waals surface area contributed by atoms with E-state index in [9.17, 15) is 0 Å². The summed E-state index contributed by atoms with van der Waals surface area (Å²) >= 11 is 1.92. The number of nitrogens with zero attached hydrogens (tertiary/aromatic N) is 2. The Morgan fingerprint density at radius 2 is 2.08 bits per heavy atom. The molecule has 0 saturated carbocycles. The number of ether oxygens (including phenoxy) is 1. The first-order valence-corrected chi connectivity index (χ1v) is 10.5. The zero-order chi connectivity index (χ0) is 18.4. The van der Waals surface area contributed by atoms with Crippen molar-refractivity contribution in [2.24, 2.45) is 4.99 Å². The Morgan fingerprint density at radius 3 is 2.77 bits per heavy atom. The zero-order valence-corrected chi connectivity index (χ0v) is 16.8. The summed E-state index contributed by atoms with van der Waals surface area (Å²) in [5.74, 6) is 1.87. The molecule has 0 bridgehead atoms. The lowest BCUT2D eigenvalue weighted by atomic mass is 9.99. The minimum atomic E-state index is 0.194. The van der Waals surface area contributed by atoms with Crippen LogP contribution in [0.25, 0.3) is 11.0 Å². The first-order chi connectivity index (χ1) is 12.7. The SMILES string of the molecule is CCNC(=NCC1(SC)CCOCC1)N(C)Cc1cc2ccccc2o1. The van der Waals surface area contributed by atoms with E-state index in [1.54, 1.807) is 0 Å². The molecule has 3 rings (SSSR count). The molecule has 5 nitrogen and oxygen atoms in total. The van der Waals surface area contributed by atoms with Gasteiger partial charge in [-0.05, 0) is 38.2 Å². The summed E-state index contributed by atoms with van der Waals surface area (Å²) in [4.78, 5) is 7.08. The van der Waals surface area contributed by atoms with E-state index < -0.39 is 0 Å². The molecule has 1 aromatic carbocycles. The van der Waals surface area contributed by atoms with Gasteiger partial charge in [-0.15, -0.1) is 0 Å². The largest absolute Gasteiger partial charge is 0.459 e. The average molecular weight is 376 g/mol. The fourth-order valence-electron chi connectivity index (χ4n) is 3.28. The molecule has 0 radical (unpaired) electrons. The molecule has 1 fully saturated rings. The van der Waals surface area contributed by atoms with Gasteiger partial charge >= 0.3 is 0 Å². The van der Waals surface area contributed by atoms with Crippen LogP contribution in [0.2, 0.25) is 0 Å². The summed E-state index contributed by atoms with van der Waals surface area (Å²) in [6.07, 6.45) is 4.31. The summed E-state index contributed by atoms with van der Waals surface area (Å²) < 4.78 is 11.7. The molecule has 0 atom stereocenters. The van der Waals surface area contributed by atoms with E-state index in [-0.39, 0.29) is 4.75 Å². The van der Waals surface area contributed by atoms with Crippen molar-refractivity contribution in [3.63, 3.8) is 0 Å². The monoisotopic (exact) mass is 375 g/mol. The van der Waals surface area contributed by atoms with Crippen molar-refractivity contribution in [3.8, 4) is 0 Å². The van der Waals surface area contributed by atoms with E-state index in [4.69, 9.17) is 14.1 Å². The van der Waals surface area contributed by atoms with Gasteiger partial charge in [0.15, 0.2) is 5.96 Å². The highest BCUT2D eigenvalue weighted by molar-refractivity contribution is 8.00. The van der Waals surface area contributed by atoms with Crippen LogP contribution in [0.15, 0.2) is 39.7 Å². The third-order valence-corrected chi connectivity index (χ3v) is 6.32. The number of thioether (sulfide) groups is 1. The lowest BCUT2D eigenvalue weighted by molar-refractivity contribution is 0.0793. The molecule has 0 unspecified atom stereocenters. The van der Waals surface area contributed by atoms with Gasteiger partial charge in [-0.25, -0.2) is 0 Å². The van der Waals surface area contributed by atoms with Crippen LogP contribution in [0, 0.1) is 0 Å². The molecule has 0 spiro atoms. The number of nitrogens with one attached hydrogen (secondary N) is 1. The molecule has 1 saturated heterocycles. The van der Waals surface area contributed by atoms with E-state index in [0.29, 0.717) is 6.54 Å². The summed E-state index contributed by atoms with van der Waals surface area (Å²) in [6, 6.07) is 10.2. The molecule has 1 aliphatic rings. The molecule has 2 aromatic rings. The van der Waals surface area contributed by atoms with E-state index in [0.717, 1.165) is 61.8 Å². The van der Waals surface area contributed by atoms with Crippen LogP contribution >= 0.6 is 11.8 Å². The van der Waals surface area contributed by atoms with Crippen molar-refractivity contribution in [1.82, 2.24) is 10.2 Å². The van der Waals surface area contributed by atoms with Gasteiger partial charge in [0, 0.05) is 36.9 Å². The first kappa shape index (κ1) is 19.1. The van der Waals surface area contributed by atoms with Crippen LogP contribution in [0.5, 0.6) is 0 Å². The molecule has 2 heterocycles. The number of hydrogen-bond acceptors (Lipinski definition) is 4. The number of benzene rings is 1. The molecule has 1 aromatic heterocycles. The third kappa shape index (κ3) is 4.54. The van der Waals surface area contributed by atoms with Gasteiger partial charge < -0.3 is 19.4 Å². The van der Waals surface area contributed by atoms with Crippen LogP contribution in [-0.2, 0) is 11.3 Å². The molecular weight excluding hydrogens is 346 g/mol. The molecule has 26 heavy (non-hydrogen) atoms. The van der Waals surface area contributed by atoms with Crippen LogP contribution in [0.3, 0.4) is 0 Å². The van der Waals surface area contributed by atoms with Crippen molar-refractivity contribution in [2.45, 2.75) is 31.1 Å². The van der Waals surface area contributed by atoms with Crippen molar-refractivity contribution < 1.29 is 9.15 Å². The van der Waals surface area contributed by atoms with Crippen molar-refractivity contribution in [1.29, 1.82) is 0 Å². The first-order valence-electron chi connectivity index (χ1n) is 9.25. The topological polar surface area (TPSA) is 50.0 Å². The Balaban J connectivity index is 1.71. The fraction of sp³-hybridized carbons (Fsp3) is 0.550. The molecule has 0 amide bonds. The van der Waals surface area contributed by atoms with Gasteiger partial charge in [0.05, 0.1) is 13.1 Å². The number of para-hydroxylation sites is 1. The van der Waals surface area contributed by atoms with Crippen LogP contribution in [0.1, 0.15) is 25.5 Å². The normalized spacial score (nSPS) is 17.4. The Kier molecular flexibility index (Phi) is 6.48. The smallest absolute Gasteiger partial charge is 0.194 e. The second-order valence-electron chi connectivity index (χ2n) is 6.78. The highest BCUT2D eigenvalue weighted by Gasteiger charge is 2.31. The van der Waals surface area contributed by atoms with E-state index in [1.807, 2.05) is 30.0 Å². The van der Waals surface area contributed by atoms with E-state index in [1.165, 1.54) is 0 Å². The number of aliphatic imine (C=N–C) groups is 1. The minimum Gasteiger partial charge on any atom is -0.459 e. The van der Waals surface area contributed by atoms with E-state index >= 15 is 0 Å². The zero-order valence-electron chi connectivity index (χ0n) is 16.0. The predicted molar refractivity (Wildman–Crippen MR) is 110 cm³/mol. The number of rotatable bonds is 6. The number of hydrogen-bond donors (Lipinski definition) is 1. The fourth-order valence-corrected chi connectivity index (χ4v) is 4.05.